The van der Waals surface area contributed by atoms with E-state index in [-0.39, 0.29) is 17.3 Å². The molecule has 0 aromatic carbocycles. The molecule has 1 fully saturated rings. The van der Waals surface area contributed by atoms with Crippen LogP contribution in [0.25, 0.3) is 11.0 Å². The Bertz CT molecular complexity index is 884. The maximum Gasteiger partial charge on any atom is 0.329 e. The molecule has 0 radical (unpaired) electrons. The van der Waals surface area contributed by atoms with Gasteiger partial charge in [0.1, 0.15) is 5.65 Å². The van der Waals surface area contributed by atoms with Gasteiger partial charge in [-0.1, -0.05) is 19.8 Å². The summed E-state index contributed by atoms with van der Waals surface area (Å²) in [7, 11) is 0. The summed E-state index contributed by atoms with van der Waals surface area (Å²) in [6.45, 7) is 4.34. The molecule has 128 valence electrons. The van der Waals surface area contributed by atoms with Gasteiger partial charge in [0.15, 0.2) is 0 Å². The quantitative estimate of drug-likeness (QED) is 0.889. The summed E-state index contributed by atoms with van der Waals surface area (Å²) in [6, 6.07) is 1.67. The largest absolute Gasteiger partial charge is 0.349 e. The summed E-state index contributed by atoms with van der Waals surface area (Å²) in [5, 5.41) is 3.30. The van der Waals surface area contributed by atoms with Crippen molar-refractivity contribution in [1.29, 1.82) is 0 Å². The summed E-state index contributed by atoms with van der Waals surface area (Å²) < 4.78 is 1.38. The molecule has 1 amide bonds. The summed E-state index contributed by atoms with van der Waals surface area (Å²) >= 11 is 0. The fourth-order valence-electron chi connectivity index (χ4n) is 3.37. The van der Waals surface area contributed by atoms with E-state index in [9.17, 15) is 14.4 Å². The first-order valence-electron chi connectivity index (χ1n) is 8.45. The number of rotatable bonds is 3. The van der Waals surface area contributed by atoms with Crippen LogP contribution in [0, 0.1) is 5.92 Å². The van der Waals surface area contributed by atoms with Gasteiger partial charge < -0.3 is 5.32 Å². The maximum atomic E-state index is 12.5. The number of carbonyl (C=O) groups is 1. The number of aromatic nitrogens is 3. The number of carbonyl (C=O) groups excluding carboxylic acids is 1. The first-order chi connectivity index (χ1) is 11.5. The van der Waals surface area contributed by atoms with E-state index in [0.29, 0.717) is 23.7 Å². The third-order valence-electron chi connectivity index (χ3n) is 4.84. The molecule has 1 aliphatic carbocycles. The van der Waals surface area contributed by atoms with Gasteiger partial charge in [-0.15, -0.1) is 0 Å². The van der Waals surface area contributed by atoms with Crippen molar-refractivity contribution in [2.24, 2.45) is 5.92 Å². The van der Waals surface area contributed by atoms with Gasteiger partial charge >= 0.3 is 5.69 Å². The molecule has 2 aromatic heterocycles. The van der Waals surface area contributed by atoms with Gasteiger partial charge in [0.25, 0.3) is 11.5 Å². The first-order valence-corrected chi connectivity index (χ1v) is 8.45. The van der Waals surface area contributed by atoms with Gasteiger partial charge in [-0.05, 0) is 31.7 Å². The number of amides is 1. The van der Waals surface area contributed by atoms with Gasteiger partial charge in [0.2, 0.25) is 0 Å². The highest BCUT2D eigenvalue weighted by molar-refractivity contribution is 5.96. The average molecular weight is 330 g/mol. The number of H-pyrrole nitrogens is 1. The van der Waals surface area contributed by atoms with Crippen LogP contribution in [0.4, 0.5) is 0 Å². The SMILES string of the molecule is CCn1c(=O)[nH]c(=O)c2cc(C(=O)NC3CCCCC3C)cnc21. The van der Waals surface area contributed by atoms with E-state index in [1.165, 1.54) is 23.3 Å². The molecule has 0 aliphatic heterocycles. The second-order valence-electron chi connectivity index (χ2n) is 6.44. The molecule has 0 bridgehead atoms. The number of nitrogens with one attached hydrogen (secondary N) is 2. The van der Waals surface area contributed by atoms with Crippen molar-refractivity contribution < 1.29 is 4.79 Å². The fraction of sp³-hybridized carbons (Fsp3) is 0.529. The number of fused-ring (bicyclic) bond motifs is 1. The van der Waals surface area contributed by atoms with E-state index in [0.717, 1.165) is 19.3 Å². The lowest BCUT2D eigenvalue weighted by atomic mass is 9.86. The topological polar surface area (TPSA) is 96.9 Å². The Hall–Kier alpha value is -2.44. The fourth-order valence-corrected chi connectivity index (χ4v) is 3.37. The Labute approximate surface area is 139 Å². The van der Waals surface area contributed by atoms with Crippen molar-refractivity contribution in [2.45, 2.75) is 52.1 Å². The molecule has 1 aliphatic rings. The van der Waals surface area contributed by atoms with Crippen molar-refractivity contribution in [3.05, 3.63) is 38.7 Å². The highest BCUT2D eigenvalue weighted by Crippen LogP contribution is 2.24. The Morgan fingerprint density at radius 3 is 2.83 bits per heavy atom. The Morgan fingerprint density at radius 2 is 2.12 bits per heavy atom. The molecule has 24 heavy (non-hydrogen) atoms. The number of nitrogens with zero attached hydrogens (tertiary/aromatic N) is 2. The molecule has 7 nitrogen and oxygen atoms in total. The van der Waals surface area contributed by atoms with Crippen molar-refractivity contribution in [1.82, 2.24) is 19.9 Å². The normalized spacial score (nSPS) is 20.9. The van der Waals surface area contributed by atoms with E-state index in [1.807, 2.05) is 0 Å². The average Bonchev–Trinajstić information content (AvgIpc) is 2.57. The molecule has 0 spiro atoms. The Morgan fingerprint density at radius 1 is 1.38 bits per heavy atom. The lowest BCUT2D eigenvalue weighted by molar-refractivity contribution is 0.0910. The molecule has 0 saturated heterocycles. The molecule has 2 heterocycles. The van der Waals surface area contributed by atoms with Crippen molar-refractivity contribution in [3.63, 3.8) is 0 Å². The van der Waals surface area contributed by atoms with Crippen LogP contribution >= 0.6 is 0 Å². The molecular formula is C17H22N4O3. The van der Waals surface area contributed by atoms with E-state index < -0.39 is 11.2 Å². The van der Waals surface area contributed by atoms with Crippen LogP contribution < -0.4 is 16.6 Å². The molecule has 2 N–H and O–H groups in total. The zero-order valence-corrected chi connectivity index (χ0v) is 14.0. The zero-order chi connectivity index (χ0) is 17.3. The van der Waals surface area contributed by atoms with Crippen LogP contribution in [0.1, 0.15) is 49.9 Å². The van der Waals surface area contributed by atoms with Crippen LogP contribution in [-0.2, 0) is 6.54 Å². The van der Waals surface area contributed by atoms with Crippen LogP contribution in [-0.4, -0.2) is 26.5 Å². The predicted octanol–water partition coefficient (Wildman–Crippen LogP) is 1.41. The first kappa shape index (κ1) is 16.4. The molecular weight excluding hydrogens is 308 g/mol. The van der Waals surface area contributed by atoms with Gasteiger partial charge in [-0.3, -0.25) is 19.1 Å². The highest BCUT2D eigenvalue weighted by atomic mass is 16.2. The Balaban J connectivity index is 1.94. The summed E-state index contributed by atoms with van der Waals surface area (Å²) in [6.07, 6.45) is 5.84. The number of aromatic amines is 1. The third-order valence-corrected chi connectivity index (χ3v) is 4.84. The number of aryl methyl sites for hydroxylation is 1. The lowest BCUT2D eigenvalue weighted by Crippen LogP contribution is -2.41. The molecule has 7 heteroatoms. The number of hydrogen-bond acceptors (Lipinski definition) is 4. The minimum Gasteiger partial charge on any atom is -0.349 e. The lowest BCUT2D eigenvalue weighted by Gasteiger charge is -2.29. The van der Waals surface area contributed by atoms with E-state index in [4.69, 9.17) is 0 Å². The molecule has 2 atom stereocenters. The van der Waals surface area contributed by atoms with Crippen molar-refractivity contribution in [3.8, 4) is 0 Å². The molecule has 3 rings (SSSR count). The summed E-state index contributed by atoms with van der Waals surface area (Å²) in [5.41, 5.74) is -0.371. The molecule has 2 aromatic rings. The van der Waals surface area contributed by atoms with Crippen LogP contribution in [0.3, 0.4) is 0 Å². The molecule has 1 saturated carbocycles. The zero-order valence-electron chi connectivity index (χ0n) is 14.0. The molecule has 2 unspecified atom stereocenters. The van der Waals surface area contributed by atoms with Crippen molar-refractivity contribution >= 4 is 16.9 Å². The second-order valence-corrected chi connectivity index (χ2v) is 6.44. The predicted molar refractivity (Wildman–Crippen MR) is 91.2 cm³/mol. The second kappa shape index (κ2) is 6.59. The maximum absolute atomic E-state index is 12.5. The monoisotopic (exact) mass is 330 g/mol. The van der Waals surface area contributed by atoms with Crippen LogP contribution in [0.5, 0.6) is 0 Å². The highest BCUT2D eigenvalue weighted by Gasteiger charge is 2.23. The van der Waals surface area contributed by atoms with Gasteiger partial charge in [-0.25, -0.2) is 9.78 Å². The van der Waals surface area contributed by atoms with Gasteiger partial charge in [0, 0.05) is 18.8 Å². The number of hydrogen-bond donors (Lipinski definition) is 2. The van der Waals surface area contributed by atoms with Gasteiger partial charge in [0.05, 0.1) is 10.9 Å². The smallest absolute Gasteiger partial charge is 0.329 e. The van der Waals surface area contributed by atoms with Crippen molar-refractivity contribution in [2.75, 3.05) is 0 Å². The number of pyridine rings is 1. The minimum absolute atomic E-state index is 0.157. The van der Waals surface area contributed by atoms with E-state index >= 15 is 0 Å². The standard InChI is InChI=1S/C17H22N4O3/c1-3-21-14-12(16(23)20-17(21)24)8-11(9-18-14)15(22)19-13-7-5-4-6-10(13)2/h8-10,13H,3-7H2,1-2H3,(H,19,22)(H,20,23,24). The summed E-state index contributed by atoms with van der Waals surface area (Å²) in [5.74, 6) is 0.224. The van der Waals surface area contributed by atoms with Crippen LogP contribution in [0.2, 0.25) is 0 Å². The summed E-state index contributed by atoms with van der Waals surface area (Å²) in [4.78, 5) is 42.8. The van der Waals surface area contributed by atoms with Gasteiger partial charge in [-0.2, -0.15) is 0 Å². The third kappa shape index (κ3) is 2.98. The van der Waals surface area contributed by atoms with E-state index in [2.05, 4.69) is 22.2 Å². The minimum atomic E-state index is -0.520. The van der Waals surface area contributed by atoms with Crippen LogP contribution in [0.15, 0.2) is 21.9 Å². The van der Waals surface area contributed by atoms with E-state index in [1.54, 1.807) is 6.92 Å². The Kier molecular flexibility index (Phi) is 4.51.